The number of carboxylic acid groups (broad SMARTS) is 1. The van der Waals surface area contributed by atoms with E-state index in [0.717, 1.165) is 28.4 Å². The van der Waals surface area contributed by atoms with Gasteiger partial charge in [0.1, 0.15) is 23.7 Å². The second-order valence-electron chi connectivity index (χ2n) is 5.80. The van der Waals surface area contributed by atoms with Crippen LogP contribution in [0.3, 0.4) is 0 Å². The topological polar surface area (TPSA) is 77.9 Å². The quantitative estimate of drug-likeness (QED) is 0.806. The van der Waals surface area contributed by atoms with Crippen molar-refractivity contribution >= 4 is 17.9 Å². The zero-order valence-electron chi connectivity index (χ0n) is 13.4. The molecule has 1 aromatic rings. The number of carbonyl (C=O) groups excluding carboxylic acids is 2. The molecule has 0 aromatic heterocycles. The van der Waals surface area contributed by atoms with E-state index in [0.29, 0.717) is 12.5 Å². The number of carboxylic acids is 1. The van der Waals surface area contributed by atoms with Gasteiger partial charge in [0.05, 0.1) is 0 Å². The summed E-state index contributed by atoms with van der Waals surface area (Å²) in [7, 11) is 0. The van der Waals surface area contributed by atoms with Gasteiger partial charge in [-0.25, -0.2) is 13.6 Å². The molecular weight excluding hydrogens is 322 g/mol. The number of rotatable bonds is 6. The van der Waals surface area contributed by atoms with Gasteiger partial charge in [0.15, 0.2) is 0 Å². The second-order valence-corrected chi connectivity index (χ2v) is 5.80. The predicted octanol–water partition coefficient (Wildman–Crippen LogP) is 2.33. The van der Waals surface area contributed by atoms with Gasteiger partial charge in [-0.3, -0.25) is 19.4 Å². The minimum absolute atomic E-state index is 0.0985. The van der Waals surface area contributed by atoms with Gasteiger partial charge in [0.25, 0.3) is 5.91 Å². The molecule has 1 fully saturated rings. The van der Waals surface area contributed by atoms with Gasteiger partial charge in [-0.1, -0.05) is 13.3 Å². The molecule has 1 unspecified atom stereocenters. The summed E-state index contributed by atoms with van der Waals surface area (Å²) in [5.74, 6) is -3.83. The summed E-state index contributed by atoms with van der Waals surface area (Å²) in [5, 5.41) is 9.06. The van der Waals surface area contributed by atoms with Crippen molar-refractivity contribution in [2.75, 3.05) is 13.1 Å². The van der Waals surface area contributed by atoms with Crippen molar-refractivity contribution in [1.29, 1.82) is 0 Å². The highest BCUT2D eigenvalue weighted by Gasteiger charge is 2.55. The molecule has 1 aromatic carbocycles. The molecule has 2 rings (SSSR count). The highest BCUT2D eigenvalue weighted by molar-refractivity contribution is 6.08. The molecule has 1 N–H and O–H groups in total. The van der Waals surface area contributed by atoms with Crippen LogP contribution in [-0.2, 0) is 15.1 Å². The summed E-state index contributed by atoms with van der Waals surface area (Å²) < 4.78 is 27.2. The van der Waals surface area contributed by atoms with E-state index in [2.05, 4.69) is 0 Å². The van der Waals surface area contributed by atoms with Crippen LogP contribution in [0.5, 0.6) is 0 Å². The van der Waals surface area contributed by atoms with Gasteiger partial charge in [-0.15, -0.1) is 0 Å². The van der Waals surface area contributed by atoms with E-state index < -0.39 is 41.6 Å². The Hall–Kier alpha value is -2.51. The lowest BCUT2D eigenvalue weighted by atomic mass is 9.90. The zero-order chi connectivity index (χ0) is 18.1. The fourth-order valence-electron chi connectivity index (χ4n) is 2.79. The lowest BCUT2D eigenvalue weighted by Crippen LogP contribution is -2.46. The van der Waals surface area contributed by atoms with Crippen LogP contribution in [0, 0.1) is 11.6 Å². The first-order valence-corrected chi connectivity index (χ1v) is 7.53. The van der Waals surface area contributed by atoms with Crippen LogP contribution in [-0.4, -0.2) is 45.9 Å². The standard InChI is InChI=1S/C16H18F2N2O4/c1-3-4-5-19-14(23)16(2,20(15(19)24)9-13(21)22)10-6-11(17)8-12(18)7-10/h6-8H,3-5,9H2,1-2H3,(H,21,22). The summed E-state index contributed by atoms with van der Waals surface area (Å²) in [6.07, 6.45) is 1.27. The lowest BCUT2D eigenvalue weighted by molar-refractivity contribution is -0.139. The summed E-state index contributed by atoms with van der Waals surface area (Å²) >= 11 is 0. The minimum atomic E-state index is -1.77. The van der Waals surface area contributed by atoms with Gasteiger partial charge in [-0.05, 0) is 31.0 Å². The first-order valence-electron chi connectivity index (χ1n) is 7.53. The maximum absolute atomic E-state index is 13.6. The molecular formula is C16H18F2N2O4. The number of urea groups is 1. The SMILES string of the molecule is CCCCN1C(=O)N(CC(=O)O)C(C)(c2cc(F)cc(F)c2)C1=O. The van der Waals surface area contributed by atoms with Crippen molar-refractivity contribution < 1.29 is 28.3 Å². The Morgan fingerprint density at radius 3 is 2.29 bits per heavy atom. The Bertz CT molecular complexity index is 674. The molecule has 1 heterocycles. The van der Waals surface area contributed by atoms with E-state index in [9.17, 15) is 23.2 Å². The molecule has 1 aliphatic rings. The van der Waals surface area contributed by atoms with Crippen LogP contribution >= 0.6 is 0 Å². The fourth-order valence-corrected chi connectivity index (χ4v) is 2.79. The Kier molecular flexibility index (Phi) is 4.86. The van der Waals surface area contributed by atoms with Gasteiger partial charge >= 0.3 is 12.0 Å². The van der Waals surface area contributed by atoms with Gasteiger partial charge in [0.2, 0.25) is 0 Å². The summed E-state index contributed by atoms with van der Waals surface area (Å²) in [6, 6.07) is 1.74. The van der Waals surface area contributed by atoms with Crippen LogP contribution in [0.1, 0.15) is 32.3 Å². The maximum atomic E-state index is 13.6. The summed E-state index contributed by atoms with van der Waals surface area (Å²) in [6.45, 7) is 2.55. The fraction of sp³-hybridized carbons (Fsp3) is 0.438. The molecule has 130 valence electrons. The molecule has 1 aliphatic heterocycles. The highest BCUT2D eigenvalue weighted by atomic mass is 19.1. The average molecular weight is 340 g/mol. The van der Waals surface area contributed by atoms with Crippen LogP contribution in [0.25, 0.3) is 0 Å². The van der Waals surface area contributed by atoms with E-state index in [-0.39, 0.29) is 12.1 Å². The molecule has 6 nitrogen and oxygen atoms in total. The Labute approximate surface area is 137 Å². The molecule has 3 amide bonds. The number of hydrogen-bond donors (Lipinski definition) is 1. The third-order valence-electron chi connectivity index (χ3n) is 4.12. The molecule has 1 saturated heterocycles. The first-order chi connectivity index (χ1) is 11.2. The third-order valence-corrected chi connectivity index (χ3v) is 4.12. The Morgan fingerprint density at radius 2 is 1.79 bits per heavy atom. The van der Waals surface area contributed by atoms with E-state index in [1.807, 2.05) is 6.92 Å². The van der Waals surface area contributed by atoms with Crippen molar-refractivity contribution in [3.8, 4) is 0 Å². The number of aliphatic carboxylic acids is 1. The Balaban J connectivity index is 2.54. The monoisotopic (exact) mass is 340 g/mol. The number of halogens is 2. The number of amides is 3. The predicted molar refractivity (Wildman–Crippen MR) is 80.1 cm³/mol. The van der Waals surface area contributed by atoms with Crippen molar-refractivity contribution in [2.45, 2.75) is 32.2 Å². The number of hydrogen-bond acceptors (Lipinski definition) is 3. The average Bonchev–Trinajstić information content (AvgIpc) is 2.66. The van der Waals surface area contributed by atoms with Crippen molar-refractivity contribution in [2.24, 2.45) is 0 Å². The molecule has 0 aliphatic carbocycles. The lowest BCUT2D eigenvalue weighted by Gasteiger charge is -2.31. The molecule has 0 bridgehead atoms. The van der Waals surface area contributed by atoms with Gasteiger partial charge in [0, 0.05) is 12.6 Å². The van der Waals surface area contributed by atoms with Gasteiger partial charge in [-0.2, -0.15) is 0 Å². The molecule has 0 saturated carbocycles. The Morgan fingerprint density at radius 1 is 1.21 bits per heavy atom. The largest absolute Gasteiger partial charge is 0.480 e. The van der Waals surface area contributed by atoms with E-state index in [4.69, 9.17) is 5.11 Å². The molecule has 1 atom stereocenters. The molecule has 8 heteroatoms. The number of nitrogens with zero attached hydrogens (tertiary/aromatic N) is 2. The van der Waals surface area contributed by atoms with Crippen molar-refractivity contribution in [3.63, 3.8) is 0 Å². The van der Waals surface area contributed by atoms with Crippen LogP contribution in [0.15, 0.2) is 18.2 Å². The summed E-state index contributed by atoms with van der Waals surface area (Å²) in [4.78, 5) is 38.2. The smallest absolute Gasteiger partial charge is 0.328 e. The number of imide groups is 1. The molecule has 24 heavy (non-hydrogen) atoms. The van der Waals surface area contributed by atoms with E-state index >= 15 is 0 Å². The highest BCUT2D eigenvalue weighted by Crippen LogP contribution is 2.37. The maximum Gasteiger partial charge on any atom is 0.328 e. The molecule has 0 radical (unpaired) electrons. The van der Waals surface area contributed by atoms with E-state index in [1.54, 1.807) is 0 Å². The first kappa shape index (κ1) is 17.8. The van der Waals surface area contributed by atoms with Crippen LogP contribution in [0.2, 0.25) is 0 Å². The normalized spacial score (nSPS) is 20.8. The van der Waals surface area contributed by atoms with Crippen molar-refractivity contribution in [1.82, 2.24) is 9.80 Å². The van der Waals surface area contributed by atoms with Gasteiger partial charge < -0.3 is 5.11 Å². The van der Waals surface area contributed by atoms with E-state index in [1.165, 1.54) is 6.92 Å². The summed E-state index contributed by atoms with van der Waals surface area (Å²) in [5.41, 5.74) is -1.87. The third kappa shape index (κ3) is 2.95. The number of unbranched alkanes of at least 4 members (excludes halogenated alkanes) is 1. The number of carbonyl (C=O) groups is 3. The van der Waals surface area contributed by atoms with Crippen LogP contribution < -0.4 is 0 Å². The van der Waals surface area contributed by atoms with Crippen molar-refractivity contribution in [3.05, 3.63) is 35.4 Å². The minimum Gasteiger partial charge on any atom is -0.480 e. The zero-order valence-corrected chi connectivity index (χ0v) is 13.4. The number of benzene rings is 1. The van der Waals surface area contributed by atoms with Crippen LogP contribution in [0.4, 0.5) is 13.6 Å². The second kappa shape index (κ2) is 6.54. The molecule has 0 spiro atoms.